The van der Waals surface area contributed by atoms with Crippen molar-refractivity contribution in [2.75, 3.05) is 5.32 Å². The maximum absolute atomic E-state index is 12.1. The Hall–Kier alpha value is -2.60. The summed E-state index contributed by atoms with van der Waals surface area (Å²) in [5, 5.41) is 10.9. The number of fused-ring (bicyclic) bond motifs is 1. The Bertz CT molecular complexity index is 896. The first-order valence-corrected chi connectivity index (χ1v) is 8.19. The minimum atomic E-state index is -0.0828. The number of aryl methyl sites for hydroxylation is 1. The molecule has 2 N–H and O–H groups in total. The highest BCUT2D eigenvalue weighted by Gasteiger charge is 2.33. The monoisotopic (exact) mass is 341 g/mol. The van der Waals surface area contributed by atoms with Gasteiger partial charge < -0.3 is 9.88 Å². The van der Waals surface area contributed by atoms with Crippen LogP contribution in [0.2, 0.25) is 5.02 Å². The lowest BCUT2D eigenvalue weighted by Crippen LogP contribution is -2.24. The summed E-state index contributed by atoms with van der Waals surface area (Å²) in [7, 11) is 0. The predicted molar refractivity (Wildman–Crippen MR) is 92.0 cm³/mol. The summed E-state index contributed by atoms with van der Waals surface area (Å²) in [5.74, 6) is 0.469. The van der Waals surface area contributed by atoms with E-state index in [0.29, 0.717) is 17.3 Å². The van der Waals surface area contributed by atoms with Crippen LogP contribution in [0.15, 0.2) is 36.8 Å². The lowest BCUT2D eigenvalue weighted by atomic mass is 9.87. The molecule has 0 saturated heterocycles. The maximum Gasteiger partial charge on any atom is 0.226 e. The number of H-pyrrole nitrogens is 1. The number of hydrogen-bond acceptors (Lipinski definition) is 3. The van der Waals surface area contributed by atoms with Crippen molar-refractivity contribution in [3.63, 3.8) is 0 Å². The van der Waals surface area contributed by atoms with Crippen molar-refractivity contribution >= 4 is 23.3 Å². The number of hydrogen-bond donors (Lipinski definition) is 2. The van der Waals surface area contributed by atoms with Crippen molar-refractivity contribution in [3.8, 4) is 11.3 Å². The van der Waals surface area contributed by atoms with Gasteiger partial charge in [0.05, 0.1) is 12.0 Å². The van der Waals surface area contributed by atoms with Gasteiger partial charge in [0.1, 0.15) is 0 Å². The molecule has 4 rings (SSSR count). The summed E-state index contributed by atoms with van der Waals surface area (Å²) in [6.45, 7) is 2.86. The van der Waals surface area contributed by atoms with Gasteiger partial charge in [-0.05, 0) is 19.1 Å². The molecule has 0 spiro atoms. The molecule has 1 aromatic carbocycles. The zero-order valence-electron chi connectivity index (χ0n) is 13.1. The number of halogens is 1. The van der Waals surface area contributed by atoms with E-state index in [-0.39, 0.29) is 11.8 Å². The number of nitrogens with zero attached hydrogens (tertiary/aromatic N) is 3. The largest absolute Gasteiger partial charge is 0.334 e. The second-order valence-corrected chi connectivity index (χ2v) is 6.21. The van der Waals surface area contributed by atoms with E-state index < -0.39 is 0 Å². The van der Waals surface area contributed by atoms with Crippen LogP contribution in [0.1, 0.15) is 30.5 Å². The van der Waals surface area contributed by atoms with Crippen molar-refractivity contribution in [2.24, 2.45) is 0 Å². The molecule has 0 bridgehead atoms. The SMILES string of the molecule is CCn1cncc1[C@@H]1CC(=O)Nc2n[nH]c(-c3ccc(Cl)cc3)c21. The maximum atomic E-state index is 12.1. The third-order valence-electron chi connectivity index (χ3n) is 4.37. The van der Waals surface area contributed by atoms with Crippen molar-refractivity contribution < 1.29 is 4.79 Å². The van der Waals surface area contributed by atoms with Crippen molar-refractivity contribution in [2.45, 2.75) is 25.8 Å². The number of benzene rings is 1. The molecule has 6 nitrogen and oxygen atoms in total. The first-order valence-electron chi connectivity index (χ1n) is 7.81. The summed E-state index contributed by atoms with van der Waals surface area (Å²) in [6.07, 6.45) is 4.00. The fourth-order valence-corrected chi connectivity index (χ4v) is 3.36. The third-order valence-corrected chi connectivity index (χ3v) is 4.63. The Kier molecular flexibility index (Phi) is 3.61. The lowest BCUT2D eigenvalue weighted by molar-refractivity contribution is -0.116. The summed E-state index contributed by atoms with van der Waals surface area (Å²) in [4.78, 5) is 16.4. The highest BCUT2D eigenvalue weighted by molar-refractivity contribution is 6.30. The van der Waals surface area contributed by atoms with Crippen molar-refractivity contribution in [1.29, 1.82) is 0 Å². The molecule has 1 aliphatic heterocycles. The second kappa shape index (κ2) is 5.79. The molecule has 0 radical (unpaired) electrons. The van der Waals surface area contributed by atoms with E-state index in [4.69, 9.17) is 11.6 Å². The molecular weight excluding hydrogens is 326 g/mol. The quantitative estimate of drug-likeness (QED) is 0.766. The summed E-state index contributed by atoms with van der Waals surface area (Å²) in [6, 6.07) is 7.58. The topological polar surface area (TPSA) is 75.6 Å². The second-order valence-electron chi connectivity index (χ2n) is 5.78. The highest BCUT2D eigenvalue weighted by Crippen LogP contribution is 2.41. The Morgan fingerprint density at radius 2 is 2.12 bits per heavy atom. The molecule has 0 aliphatic carbocycles. The lowest BCUT2D eigenvalue weighted by Gasteiger charge is -2.24. The van der Waals surface area contributed by atoms with Crippen LogP contribution in [-0.4, -0.2) is 25.7 Å². The van der Waals surface area contributed by atoms with E-state index in [2.05, 4.69) is 32.0 Å². The Morgan fingerprint density at radius 3 is 2.88 bits per heavy atom. The van der Waals surface area contributed by atoms with Gasteiger partial charge in [-0.3, -0.25) is 9.89 Å². The van der Waals surface area contributed by atoms with Gasteiger partial charge in [0.25, 0.3) is 0 Å². The van der Waals surface area contributed by atoms with E-state index in [1.54, 1.807) is 6.33 Å². The zero-order valence-corrected chi connectivity index (χ0v) is 13.8. The van der Waals surface area contributed by atoms with Gasteiger partial charge in [0.2, 0.25) is 5.91 Å². The molecule has 3 heterocycles. The molecule has 1 aliphatic rings. The number of amides is 1. The number of rotatable bonds is 3. The van der Waals surface area contributed by atoms with Crippen LogP contribution >= 0.6 is 11.6 Å². The Morgan fingerprint density at radius 1 is 1.33 bits per heavy atom. The first kappa shape index (κ1) is 15.0. The summed E-state index contributed by atoms with van der Waals surface area (Å²) >= 11 is 5.99. The molecule has 122 valence electrons. The molecule has 7 heteroatoms. The summed E-state index contributed by atoms with van der Waals surface area (Å²) < 4.78 is 2.06. The molecule has 2 aromatic heterocycles. The average molecular weight is 342 g/mol. The molecule has 24 heavy (non-hydrogen) atoms. The minimum Gasteiger partial charge on any atom is -0.334 e. The first-order chi connectivity index (χ1) is 11.7. The molecule has 1 amide bonds. The van der Waals surface area contributed by atoms with Gasteiger partial charge in [0, 0.05) is 46.9 Å². The van der Waals surface area contributed by atoms with Crippen molar-refractivity contribution in [3.05, 3.63) is 53.1 Å². The number of carbonyl (C=O) groups excluding carboxylic acids is 1. The molecule has 3 aromatic rings. The highest BCUT2D eigenvalue weighted by atomic mass is 35.5. The average Bonchev–Trinajstić information content (AvgIpc) is 3.21. The minimum absolute atomic E-state index is 0.0366. The van der Waals surface area contributed by atoms with Crippen LogP contribution in [0.4, 0.5) is 5.82 Å². The fourth-order valence-electron chi connectivity index (χ4n) is 3.23. The van der Waals surface area contributed by atoms with E-state index >= 15 is 0 Å². The van der Waals surface area contributed by atoms with Gasteiger partial charge in [-0.15, -0.1) is 0 Å². The van der Waals surface area contributed by atoms with Crippen LogP contribution in [0.5, 0.6) is 0 Å². The van der Waals surface area contributed by atoms with Gasteiger partial charge in [-0.2, -0.15) is 5.10 Å². The van der Waals surface area contributed by atoms with E-state index in [9.17, 15) is 4.79 Å². The predicted octanol–water partition coefficient (Wildman–Crippen LogP) is 3.42. The third kappa shape index (κ3) is 2.39. The molecular formula is C17H16ClN5O. The van der Waals surface area contributed by atoms with E-state index in [0.717, 1.165) is 29.1 Å². The van der Waals surface area contributed by atoms with E-state index in [1.807, 2.05) is 30.5 Å². The van der Waals surface area contributed by atoms with Crippen LogP contribution in [-0.2, 0) is 11.3 Å². The van der Waals surface area contributed by atoms with Crippen LogP contribution in [0, 0.1) is 0 Å². The standard InChI is InChI=1S/C17H16ClN5O/c1-2-23-9-19-8-13(23)12-7-14(24)20-17-15(12)16(21-22-17)10-3-5-11(18)6-4-10/h3-6,8-9,12H,2,7H2,1H3,(H2,20,21,22,24)/t12-/m0/s1. The Labute approximate surface area is 143 Å². The van der Waals surface area contributed by atoms with Crippen LogP contribution in [0.25, 0.3) is 11.3 Å². The molecule has 0 unspecified atom stereocenters. The number of carbonyl (C=O) groups is 1. The number of aromatic amines is 1. The van der Waals surface area contributed by atoms with Gasteiger partial charge >= 0.3 is 0 Å². The number of aromatic nitrogens is 4. The van der Waals surface area contributed by atoms with E-state index in [1.165, 1.54) is 0 Å². The number of nitrogens with one attached hydrogen (secondary N) is 2. The normalized spacial score (nSPS) is 16.8. The van der Waals surface area contributed by atoms with Crippen molar-refractivity contribution in [1.82, 2.24) is 19.7 Å². The smallest absolute Gasteiger partial charge is 0.226 e. The van der Waals surface area contributed by atoms with Gasteiger partial charge in [-0.25, -0.2) is 4.98 Å². The fraction of sp³-hybridized carbons (Fsp3) is 0.235. The van der Waals surface area contributed by atoms with Crippen LogP contribution in [0.3, 0.4) is 0 Å². The Balaban J connectivity index is 1.87. The van der Waals surface area contributed by atoms with Crippen LogP contribution < -0.4 is 5.32 Å². The number of imidazole rings is 1. The zero-order chi connectivity index (χ0) is 16.7. The molecule has 1 atom stereocenters. The van der Waals surface area contributed by atoms with Gasteiger partial charge in [-0.1, -0.05) is 23.7 Å². The molecule has 0 saturated carbocycles. The van der Waals surface area contributed by atoms with Gasteiger partial charge in [0.15, 0.2) is 5.82 Å². The number of anilines is 1. The summed E-state index contributed by atoms with van der Waals surface area (Å²) in [5.41, 5.74) is 3.89. The molecule has 0 fully saturated rings.